The molecule has 0 bridgehead atoms. The van der Waals surface area contributed by atoms with E-state index in [9.17, 15) is 14.7 Å². The summed E-state index contributed by atoms with van der Waals surface area (Å²) >= 11 is 0. The maximum absolute atomic E-state index is 12.9. The Labute approximate surface area is 172 Å². The van der Waals surface area contributed by atoms with Gasteiger partial charge in [-0.15, -0.1) is 0 Å². The van der Waals surface area contributed by atoms with Gasteiger partial charge in [-0.2, -0.15) is 0 Å². The number of aromatic nitrogens is 2. The number of rotatable bonds is 5. The van der Waals surface area contributed by atoms with Crippen LogP contribution >= 0.6 is 0 Å². The third-order valence-corrected chi connectivity index (χ3v) is 5.18. The predicted octanol–water partition coefficient (Wildman–Crippen LogP) is 2.91. The van der Waals surface area contributed by atoms with E-state index in [0.717, 1.165) is 11.1 Å². The molecule has 0 aliphatic heterocycles. The monoisotopic (exact) mass is 408 g/mol. The van der Waals surface area contributed by atoms with Gasteiger partial charge in [-0.1, -0.05) is 0 Å². The summed E-state index contributed by atoms with van der Waals surface area (Å²) in [6, 6.07) is 6.63. The van der Waals surface area contributed by atoms with Crippen molar-refractivity contribution in [2.24, 2.45) is 0 Å². The summed E-state index contributed by atoms with van der Waals surface area (Å²) in [7, 11) is 4.66. The zero-order valence-electron chi connectivity index (χ0n) is 16.8. The quantitative estimate of drug-likeness (QED) is 0.693. The second kappa shape index (κ2) is 7.55. The van der Waals surface area contributed by atoms with Crippen LogP contribution in [0, 0.1) is 0 Å². The molecule has 30 heavy (non-hydrogen) atoms. The molecule has 0 fully saturated rings. The number of carboxylic acid groups (broad SMARTS) is 1. The van der Waals surface area contributed by atoms with Gasteiger partial charge in [0.2, 0.25) is 5.75 Å². The van der Waals surface area contributed by atoms with Gasteiger partial charge in [0.15, 0.2) is 11.5 Å². The Morgan fingerprint density at radius 2 is 1.83 bits per heavy atom. The van der Waals surface area contributed by atoms with Crippen LogP contribution in [-0.2, 0) is 6.42 Å². The lowest BCUT2D eigenvalue weighted by Crippen LogP contribution is -2.20. The number of carboxylic acids is 1. The van der Waals surface area contributed by atoms with Crippen LogP contribution in [0.2, 0.25) is 0 Å². The van der Waals surface area contributed by atoms with Crippen molar-refractivity contribution in [3.8, 4) is 17.2 Å². The molecule has 0 spiro atoms. The van der Waals surface area contributed by atoms with Crippen LogP contribution in [0.1, 0.15) is 33.6 Å². The van der Waals surface area contributed by atoms with E-state index in [4.69, 9.17) is 14.2 Å². The predicted molar refractivity (Wildman–Crippen MR) is 111 cm³/mol. The summed E-state index contributed by atoms with van der Waals surface area (Å²) in [5.41, 5.74) is 3.06. The summed E-state index contributed by atoms with van der Waals surface area (Å²) in [5, 5.41) is 9.19. The Morgan fingerprint density at radius 3 is 2.50 bits per heavy atom. The largest absolute Gasteiger partial charge is 0.493 e. The van der Waals surface area contributed by atoms with Crippen molar-refractivity contribution in [1.82, 2.24) is 9.38 Å². The molecule has 2 aromatic heterocycles. The first kappa shape index (κ1) is 19.5. The highest BCUT2D eigenvalue weighted by Gasteiger charge is 2.24. The van der Waals surface area contributed by atoms with Crippen molar-refractivity contribution < 1.29 is 24.1 Å². The Hall–Kier alpha value is -3.81. The zero-order chi connectivity index (χ0) is 21.4. The van der Waals surface area contributed by atoms with Gasteiger partial charge < -0.3 is 19.3 Å². The maximum Gasteiger partial charge on any atom is 0.337 e. The lowest BCUT2D eigenvalue weighted by atomic mass is 10.1. The molecule has 1 aromatic carbocycles. The molecule has 0 unspecified atom stereocenters. The summed E-state index contributed by atoms with van der Waals surface area (Å²) in [6.07, 6.45) is 4.41. The maximum atomic E-state index is 12.9. The van der Waals surface area contributed by atoms with E-state index in [-0.39, 0.29) is 11.1 Å². The standard InChI is InChI=1S/C22H20N2O6/c1-28-16-8-5-13(19(29-2)20(16)30-3)10-12-4-7-15-18(12)23-17-9-6-14(22(26)27)11-24(17)21(15)25/h5-6,8-11H,4,7H2,1-3H3,(H,26,27)/b12-10+. The van der Waals surface area contributed by atoms with Gasteiger partial charge in [0.1, 0.15) is 5.65 Å². The van der Waals surface area contributed by atoms with Gasteiger partial charge >= 0.3 is 5.97 Å². The molecule has 8 heteroatoms. The molecule has 1 aliphatic rings. The van der Waals surface area contributed by atoms with Gasteiger partial charge in [0.05, 0.1) is 32.6 Å². The Bertz CT molecular complexity index is 1260. The van der Waals surface area contributed by atoms with Crippen LogP contribution in [0.5, 0.6) is 17.2 Å². The molecule has 0 amide bonds. The van der Waals surface area contributed by atoms with Crippen molar-refractivity contribution in [2.75, 3.05) is 21.3 Å². The fourth-order valence-electron chi connectivity index (χ4n) is 3.74. The van der Waals surface area contributed by atoms with Gasteiger partial charge in [0, 0.05) is 17.3 Å². The first-order chi connectivity index (χ1) is 14.5. The van der Waals surface area contributed by atoms with Gasteiger partial charge in [-0.25, -0.2) is 9.78 Å². The Balaban J connectivity index is 1.87. The number of hydrogen-bond donors (Lipinski definition) is 1. The van der Waals surface area contributed by atoms with Crippen LogP contribution in [0.3, 0.4) is 0 Å². The molecule has 0 saturated carbocycles. The number of carbonyl (C=O) groups is 1. The van der Waals surface area contributed by atoms with E-state index in [1.54, 1.807) is 27.4 Å². The van der Waals surface area contributed by atoms with E-state index in [2.05, 4.69) is 4.98 Å². The Kier molecular flexibility index (Phi) is 4.91. The second-order valence-electron chi connectivity index (χ2n) is 6.79. The molecule has 1 N–H and O–H groups in total. The van der Waals surface area contributed by atoms with Crippen LogP contribution in [0.15, 0.2) is 35.3 Å². The lowest BCUT2D eigenvalue weighted by Gasteiger charge is -2.14. The molecule has 8 nitrogen and oxygen atoms in total. The third-order valence-electron chi connectivity index (χ3n) is 5.18. The number of allylic oxidation sites excluding steroid dienone is 1. The number of aromatic carboxylic acids is 1. The highest BCUT2D eigenvalue weighted by molar-refractivity contribution is 5.88. The van der Waals surface area contributed by atoms with E-state index in [0.29, 0.717) is 47.0 Å². The number of hydrogen-bond acceptors (Lipinski definition) is 6. The molecule has 3 aromatic rings. The van der Waals surface area contributed by atoms with Crippen LogP contribution in [0.25, 0.3) is 17.3 Å². The molecular formula is C22H20N2O6. The first-order valence-electron chi connectivity index (χ1n) is 9.27. The van der Waals surface area contributed by atoms with Crippen molar-refractivity contribution in [2.45, 2.75) is 12.8 Å². The van der Waals surface area contributed by atoms with Crippen molar-refractivity contribution >= 4 is 23.3 Å². The van der Waals surface area contributed by atoms with Gasteiger partial charge in [-0.05, 0) is 48.8 Å². The third kappa shape index (κ3) is 3.06. The topological polar surface area (TPSA) is 99.4 Å². The van der Waals surface area contributed by atoms with Crippen molar-refractivity contribution in [1.29, 1.82) is 0 Å². The molecular weight excluding hydrogens is 388 g/mol. The molecule has 1 aliphatic carbocycles. The highest BCUT2D eigenvalue weighted by atomic mass is 16.5. The number of ether oxygens (including phenoxy) is 3. The van der Waals surface area contributed by atoms with Crippen molar-refractivity contribution in [3.63, 3.8) is 0 Å². The lowest BCUT2D eigenvalue weighted by molar-refractivity contribution is 0.0696. The highest BCUT2D eigenvalue weighted by Crippen LogP contribution is 2.42. The Morgan fingerprint density at radius 1 is 1.07 bits per heavy atom. The normalized spacial score (nSPS) is 14.0. The van der Waals surface area contributed by atoms with Crippen molar-refractivity contribution in [3.05, 3.63) is 63.2 Å². The average molecular weight is 408 g/mol. The number of fused-ring (bicyclic) bond motifs is 2. The van der Waals surface area contributed by atoms with E-state index in [1.807, 2.05) is 12.1 Å². The number of methoxy groups -OCH3 is 3. The van der Waals surface area contributed by atoms with E-state index in [1.165, 1.54) is 22.7 Å². The minimum atomic E-state index is -1.09. The first-order valence-corrected chi connectivity index (χ1v) is 9.27. The summed E-state index contributed by atoms with van der Waals surface area (Å²) in [5.74, 6) is 0.479. The summed E-state index contributed by atoms with van der Waals surface area (Å²) < 4.78 is 17.6. The summed E-state index contributed by atoms with van der Waals surface area (Å²) in [4.78, 5) is 28.8. The smallest absolute Gasteiger partial charge is 0.337 e. The van der Waals surface area contributed by atoms with Crippen LogP contribution in [-0.4, -0.2) is 41.8 Å². The molecule has 0 radical (unpaired) electrons. The van der Waals surface area contributed by atoms with E-state index >= 15 is 0 Å². The van der Waals surface area contributed by atoms with Crippen LogP contribution < -0.4 is 19.8 Å². The average Bonchev–Trinajstić information content (AvgIpc) is 3.15. The minimum absolute atomic E-state index is 0.0372. The fourth-order valence-corrected chi connectivity index (χ4v) is 3.74. The molecule has 2 heterocycles. The second-order valence-corrected chi connectivity index (χ2v) is 6.79. The fraction of sp³-hybridized carbons (Fsp3) is 0.227. The van der Waals surface area contributed by atoms with Crippen LogP contribution in [0.4, 0.5) is 0 Å². The number of benzene rings is 1. The minimum Gasteiger partial charge on any atom is -0.493 e. The summed E-state index contributed by atoms with van der Waals surface area (Å²) in [6.45, 7) is 0. The molecule has 0 atom stereocenters. The molecule has 0 saturated heterocycles. The van der Waals surface area contributed by atoms with E-state index < -0.39 is 5.97 Å². The van der Waals surface area contributed by atoms with Gasteiger partial charge in [0.25, 0.3) is 5.56 Å². The molecule has 4 rings (SSSR count). The zero-order valence-corrected chi connectivity index (χ0v) is 16.8. The number of nitrogens with zero attached hydrogens (tertiary/aromatic N) is 2. The SMILES string of the molecule is COc1ccc(/C=C2\CCc3c2nc2ccc(C(=O)O)cn2c3=O)c(OC)c1OC. The van der Waals surface area contributed by atoms with Gasteiger partial charge in [-0.3, -0.25) is 9.20 Å². The molecule has 154 valence electrons. The number of pyridine rings is 1.